The second-order valence-corrected chi connectivity index (χ2v) is 10.1. The lowest BCUT2D eigenvalue weighted by atomic mass is 9.98. The van der Waals surface area contributed by atoms with Crippen LogP contribution in [0.1, 0.15) is 52.6 Å². The van der Waals surface area contributed by atoms with Gasteiger partial charge in [0.25, 0.3) is 11.5 Å². The molecule has 0 aliphatic carbocycles. The SMILES string of the molecule is COc1ccc(NS(C)(=O)=O)c(C(=O)N2CCCC[C@H]2c2cc3[nH]c(C)c(C)c(=O)n3n2)c1. The summed E-state index contributed by atoms with van der Waals surface area (Å²) in [6.45, 7) is 4.06. The Kier molecular flexibility index (Phi) is 5.91. The number of likely N-dealkylation sites (tertiary alicyclic amines) is 1. The number of nitrogens with one attached hydrogen (secondary N) is 2. The molecule has 2 N–H and O–H groups in total. The van der Waals surface area contributed by atoms with E-state index < -0.39 is 10.0 Å². The number of carbonyl (C=O) groups is 1. The van der Waals surface area contributed by atoms with Gasteiger partial charge in [-0.05, 0) is 51.3 Å². The average Bonchev–Trinajstić information content (AvgIpc) is 3.20. The molecular weight excluding hydrogens is 446 g/mol. The minimum atomic E-state index is -3.60. The number of aromatic nitrogens is 3. The van der Waals surface area contributed by atoms with Gasteiger partial charge in [0.05, 0.1) is 36.4 Å². The topological polar surface area (TPSA) is 126 Å². The van der Waals surface area contributed by atoms with Gasteiger partial charge in [0.2, 0.25) is 10.0 Å². The van der Waals surface area contributed by atoms with Crippen LogP contribution >= 0.6 is 0 Å². The molecule has 0 unspecified atom stereocenters. The summed E-state index contributed by atoms with van der Waals surface area (Å²) in [5.41, 5.74) is 2.71. The van der Waals surface area contributed by atoms with Crippen molar-refractivity contribution in [3.05, 3.63) is 57.1 Å². The average molecular weight is 474 g/mol. The normalized spacial score (nSPS) is 16.7. The molecule has 0 spiro atoms. The summed E-state index contributed by atoms with van der Waals surface area (Å²) in [7, 11) is -2.11. The van der Waals surface area contributed by atoms with Gasteiger partial charge >= 0.3 is 0 Å². The Labute approximate surface area is 191 Å². The fraction of sp³-hybridized carbons (Fsp3) is 0.409. The molecule has 1 aliphatic rings. The van der Waals surface area contributed by atoms with Gasteiger partial charge in [0, 0.05) is 23.9 Å². The number of nitrogens with zero attached hydrogens (tertiary/aromatic N) is 3. The van der Waals surface area contributed by atoms with Crippen LogP contribution in [0.15, 0.2) is 29.1 Å². The standard InChI is InChI=1S/C22H27N5O5S/c1-13-14(2)23-20-12-18(24-27(20)21(13)28)19-7-5-6-10-26(19)22(29)16-11-15(32-3)8-9-17(16)25-33(4,30)31/h8-9,11-12,19,23,25H,5-7,10H2,1-4H3/t19-/m0/s1. The number of anilines is 1. The van der Waals surface area contributed by atoms with Crippen molar-refractivity contribution in [3.63, 3.8) is 0 Å². The van der Waals surface area contributed by atoms with Crippen LogP contribution in [0, 0.1) is 13.8 Å². The van der Waals surface area contributed by atoms with E-state index in [-0.39, 0.29) is 28.8 Å². The van der Waals surface area contributed by atoms with E-state index >= 15 is 0 Å². The number of H-pyrrole nitrogens is 1. The van der Waals surface area contributed by atoms with Crippen LogP contribution in [0.25, 0.3) is 5.65 Å². The summed E-state index contributed by atoms with van der Waals surface area (Å²) in [6, 6.07) is 6.08. The molecule has 1 aliphatic heterocycles. The molecule has 1 amide bonds. The highest BCUT2D eigenvalue weighted by Gasteiger charge is 2.32. The van der Waals surface area contributed by atoms with Gasteiger partial charge in [-0.1, -0.05) is 0 Å². The maximum Gasteiger partial charge on any atom is 0.277 e. The lowest BCUT2D eigenvalue weighted by Crippen LogP contribution is -2.39. The largest absolute Gasteiger partial charge is 0.497 e. The van der Waals surface area contributed by atoms with E-state index in [0.717, 1.165) is 24.8 Å². The molecule has 0 radical (unpaired) electrons. The monoisotopic (exact) mass is 473 g/mol. The third kappa shape index (κ3) is 4.45. The van der Waals surface area contributed by atoms with Gasteiger partial charge in [-0.2, -0.15) is 9.61 Å². The summed E-state index contributed by atoms with van der Waals surface area (Å²) < 4.78 is 32.7. The molecule has 11 heteroatoms. The van der Waals surface area contributed by atoms with E-state index in [2.05, 4.69) is 14.8 Å². The summed E-state index contributed by atoms with van der Waals surface area (Å²) in [5, 5.41) is 4.52. The quantitative estimate of drug-likeness (QED) is 0.586. The van der Waals surface area contributed by atoms with E-state index in [4.69, 9.17) is 4.74 Å². The number of carbonyl (C=O) groups excluding carboxylic acids is 1. The minimum Gasteiger partial charge on any atom is -0.497 e. The highest BCUT2D eigenvalue weighted by molar-refractivity contribution is 7.92. The molecule has 33 heavy (non-hydrogen) atoms. The molecule has 1 saturated heterocycles. The maximum atomic E-state index is 13.7. The number of fused-ring (bicyclic) bond motifs is 1. The number of sulfonamides is 1. The molecule has 2 aromatic heterocycles. The predicted molar refractivity (Wildman–Crippen MR) is 124 cm³/mol. The van der Waals surface area contributed by atoms with Crippen molar-refractivity contribution in [1.29, 1.82) is 0 Å². The third-order valence-electron chi connectivity index (χ3n) is 5.98. The second kappa shape index (κ2) is 8.54. The van der Waals surface area contributed by atoms with Gasteiger partial charge in [0.1, 0.15) is 11.4 Å². The van der Waals surface area contributed by atoms with E-state index in [1.165, 1.54) is 23.8 Å². The zero-order valence-electron chi connectivity index (χ0n) is 19.0. The number of hydrogen-bond donors (Lipinski definition) is 2. The molecule has 4 rings (SSSR count). The van der Waals surface area contributed by atoms with Gasteiger partial charge in [-0.25, -0.2) is 8.42 Å². The number of aryl methyl sites for hydroxylation is 1. The van der Waals surface area contributed by atoms with Crippen molar-refractivity contribution in [2.45, 2.75) is 39.2 Å². The van der Waals surface area contributed by atoms with Crippen molar-refractivity contribution in [2.75, 3.05) is 24.6 Å². The van der Waals surface area contributed by atoms with Crippen molar-refractivity contribution in [3.8, 4) is 5.75 Å². The summed E-state index contributed by atoms with van der Waals surface area (Å²) in [6.07, 6.45) is 3.43. The van der Waals surface area contributed by atoms with Crippen LogP contribution in [-0.2, 0) is 10.0 Å². The van der Waals surface area contributed by atoms with Gasteiger partial charge in [-0.3, -0.25) is 14.3 Å². The number of piperidine rings is 1. The molecule has 1 fully saturated rings. The Morgan fingerprint density at radius 3 is 2.70 bits per heavy atom. The van der Waals surface area contributed by atoms with Crippen LogP contribution in [0.5, 0.6) is 5.75 Å². The summed E-state index contributed by atoms with van der Waals surface area (Å²) >= 11 is 0. The molecule has 1 atom stereocenters. The van der Waals surface area contributed by atoms with Crippen LogP contribution in [0.2, 0.25) is 0 Å². The lowest BCUT2D eigenvalue weighted by molar-refractivity contribution is 0.0606. The lowest BCUT2D eigenvalue weighted by Gasteiger charge is -2.35. The van der Waals surface area contributed by atoms with E-state index in [9.17, 15) is 18.0 Å². The fourth-order valence-electron chi connectivity index (χ4n) is 4.16. The number of rotatable bonds is 5. The Hall–Kier alpha value is -3.34. The molecular formula is C22H27N5O5S. The van der Waals surface area contributed by atoms with Crippen LogP contribution in [0.3, 0.4) is 0 Å². The zero-order valence-corrected chi connectivity index (χ0v) is 19.8. The van der Waals surface area contributed by atoms with Crippen LogP contribution < -0.4 is 15.0 Å². The van der Waals surface area contributed by atoms with Gasteiger partial charge in [0.15, 0.2) is 0 Å². The Bertz CT molecular complexity index is 1390. The molecule has 176 valence electrons. The van der Waals surface area contributed by atoms with Gasteiger partial charge < -0.3 is 14.6 Å². The molecule has 0 saturated carbocycles. The first-order valence-electron chi connectivity index (χ1n) is 10.6. The number of ether oxygens (including phenoxy) is 1. The molecule has 3 heterocycles. The van der Waals surface area contributed by atoms with Crippen LogP contribution in [-0.4, -0.2) is 53.7 Å². The highest BCUT2D eigenvalue weighted by atomic mass is 32.2. The van der Waals surface area contributed by atoms with Crippen molar-refractivity contribution in [2.24, 2.45) is 0 Å². The number of methoxy groups -OCH3 is 1. The number of benzene rings is 1. The first kappa shape index (κ1) is 22.8. The van der Waals surface area contributed by atoms with Crippen molar-refractivity contribution < 1.29 is 17.9 Å². The van der Waals surface area contributed by atoms with Gasteiger partial charge in [-0.15, -0.1) is 0 Å². The summed E-state index contributed by atoms with van der Waals surface area (Å²) in [4.78, 5) is 31.2. The number of aromatic amines is 1. The minimum absolute atomic E-state index is 0.184. The maximum absolute atomic E-state index is 13.7. The molecule has 0 bridgehead atoms. The zero-order chi connectivity index (χ0) is 23.9. The molecule has 3 aromatic rings. The fourth-order valence-corrected chi connectivity index (χ4v) is 4.74. The number of amides is 1. The summed E-state index contributed by atoms with van der Waals surface area (Å²) in [5.74, 6) is 0.107. The smallest absolute Gasteiger partial charge is 0.277 e. The first-order valence-corrected chi connectivity index (χ1v) is 12.5. The highest BCUT2D eigenvalue weighted by Crippen LogP contribution is 2.34. The Morgan fingerprint density at radius 2 is 2.00 bits per heavy atom. The third-order valence-corrected chi connectivity index (χ3v) is 6.57. The predicted octanol–water partition coefficient (Wildman–Crippen LogP) is 2.39. The van der Waals surface area contributed by atoms with Crippen molar-refractivity contribution in [1.82, 2.24) is 19.5 Å². The molecule has 1 aromatic carbocycles. The Morgan fingerprint density at radius 1 is 1.24 bits per heavy atom. The van der Waals surface area contributed by atoms with E-state index in [1.807, 2.05) is 6.92 Å². The first-order chi connectivity index (χ1) is 15.6. The van der Waals surface area contributed by atoms with Crippen molar-refractivity contribution >= 4 is 27.3 Å². The molecule has 10 nitrogen and oxygen atoms in total. The second-order valence-electron chi connectivity index (χ2n) is 8.34. The number of hydrogen-bond acceptors (Lipinski definition) is 6. The van der Waals surface area contributed by atoms with E-state index in [1.54, 1.807) is 24.0 Å². The Balaban J connectivity index is 1.77. The van der Waals surface area contributed by atoms with Crippen LogP contribution in [0.4, 0.5) is 5.69 Å². The van der Waals surface area contributed by atoms with E-state index in [0.29, 0.717) is 35.6 Å².